The molecule has 0 bridgehead atoms. The van der Waals surface area contributed by atoms with Gasteiger partial charge in [-0.25, -0.2) is 4.39 Å². The van der Waals surface area contributed by atoms with Gasteiger partial charge in [-0.1, -0.05) is 12.1 Å². The van der Waals surface area contributed by atoms with E-state index in [1.54, 1.807) is 19.2 Å². The van der Waals surface area contributed by atoms with Crippen LogP contribution in [-0.2, 0) is 10.2 Å². The van der Waals surface area contributed by atoms with E-state index in [1.165, 1.54) is 5.56 Å². The third-order valence-electron chi connectivity index (χ3n) is 4.14. The quantitative estimate of drug-likeness (QED) is 0.869. The highest BCUT2D eigenvalue weighted by atomic mass is 19.1. The van der Waals surface area contributed by atoms with Gasteiger partial charge < -0.3 is 10.1 Å². The van der Waals surface area contributed by atoms with Crippen LogP contribution in [0.15, 0.2) is 24.3 Å². The minimum Gasteiger partial charge on any atom is -0.379 e. The number of ether oxygens (including phenoxy) is 1. The van der Waals surface area contributed by atoms with Gasteiger partial charge in [-0.3, -0.25) is 0 Å². The lowest BCUT2D eigenvalue weighted by atomic mass is 9.70. The van der Waals surface area contributed by atoms with Crippen LogP contribution in [0.25, 0.3) is 0 Å². The Morgan fingerprint density at radius 3 is 2.33 bits per heavy atom. The lowest BCUT2D eigenvalue weighted by molar-refractivity contribution is 0.00565. The minimum absolute atomic E-state index is 0.0946. The fourth-order valence-electron chi connectivity index (χ4n) is 2.40. The monoisotopic (exact) mass is 251 g/mol. The molecule has 0 spiro atoms. The fraction of sp³-hybridized carbons (Fsp3) is 0.600. The van der Waals surface area contributed by atoms with E-state index in [4.69, 9.17) is 4.74 Å². The van der Waals surface area contributed by atoms with Gasteiger partial charge in [0, 0.05) is 25.6 Å². The summed E-state index contributed by atoms with van der Waals surface area (Å²) in [5.41, 5.74) is 1.29. The first-order chi connectivity index (χ1) is 8.47. The van der Waals surface area contributed by atoms with E-state index in [9.17, 15) is 4.39 Å². The van der Waals surface area contributed by atoms with Crippen molar-refractivity contribution in [2.45, 2.75) is 37.7 Å². The van der Waals surface area contributed by atoms with Gasteiger partial charge in [-0.15, -0.1) is 0 Å². The summed E-state index contributed by atoms with van der Waals surface area (Å²) >= 11 is 0. The first-order valence-corrected chi connectivity index (χ1v) is 6.49. The topological polar surface area (TPSA) is 21.3 Å². The van der Waals surface area contributed by atoms with Crippen LogP contribution >= 0.6 is 0 Å². The van der Waals surface area contributed by atoms with Gasteiger partial charge in [0.25, 0.3) is 0 Å². The summed E-state index contributed by atoms with van der Waals surface area (Å²) in [6.07, 6.45) is 2.06. The number of halogens is 1. The predicted octanol–water partition coefficient (Wildman–Crippen LogP) is 2.87. The van der Waals surface area contributed by atoms with Gasteiger partial charge in [0.05, 0.1) is 5.60 Å². The van der Waals surface area contributed by atoms with E-state index < -0.39 is 0 Å². The Morgan fingerprint density at radius 2 is 1.89 bits per heavy atom. The summed E-state index contributed by atoms with van der Waals surface area (Å²) in [5.74, 6) is -0.168. The van der Waals surface area contributed by atoms with Crippen LogP contribution in [0, 0.1) is 5.82 Å². The predicted molar refractivity (Wildman–Crippen MR) is 71.3 cm³/mol. The van der Waals surface area contributed by atoms with Crippen molar-refractivity contribution < 1.29 is 9.13 Å². The van der Waals surface area contributed by atoms with Crippen molar-refractivity contribution in [1.29, 1.82) is 0 Å². The van der Waals surface area contributed by atoms with Crippen LogP contribution in [0.5, 0.6) is 0 Å². The zero-order valence-electron chi connectivity index (χ0n) is 11.4. The van der Waals surface area contributed by atoms with Crippen molar-refractivity contribution in [2.24, 2.45) is 0 Å². The molecule has 1 heterocycles. The normalized spacial score (nSPS) is 18.4. The number of methoxy groups -OCH3 is 1. The summed E-state index contributed by atoms with van der Waals surface area (Å²) in [6.45, 7) is 6.16. The molecule has 0 amide bonds. The molecular weight excluding hydrogens is 229 g/mol. The Hall–Kier alpha value is -0.930. The maximum Gasteiger partial charge on any atom is 0.123 e. The molecule has 2 rings (SSSR count). The van der Waals surface area contributed by atoms with E-state index in [0.29, 0.717) is 0 Å². The third kappa shape index (κ3) is 2.73. The molecule has 100 valence electrons. The molecule has 0 radical (unpaired) electrons. The highest BCUT2D eigenvalue weighted by molar-refractivity contribution is 5.30. The van der Waals surface area contributed by atoms with Crippen LogP contribution in [-0.4, -0.2) is 25.8 Å². The second-order valence-electron chi connectivity index (χ2n) is 5.85. The molecule has 0 unspecified atom stereocenters. The Balaban J connectivity index is 2.09. The molecule has 1 aliphatic heterocycles. The summed E-state index contributed by atoms with van der Waals surface area (Å²) in [4.78, 5) is 0. The highest BCUT2D eigenvalue weighted by Crippen LogP contribution is 2.35. The van der Waals surface area contributed by atoms with Gasteiger partial charge in [-0.05, 0) is 44.4 Å². The molecule has 0 saturated carbocycles. The van der Waals surface area contributed by atoms with E-state index >= 15 is 0 Å². The third-order valence-corrected chi connectivity index (χ3v) is 4.14. The number of hydrogen-bond acceptors (Lipinski definition) is 2. The minimum atomic E-state index is -0.168. The molecule has 1 saturated heterocycles. The second kappa shape index (κ2) is 4.98. The first-order valence-electron chi connectivity index (χ1n) is 6.49. The van der Waals surface area contributed by atoms with Crippen molar-refractivity contribution in [2.75, 3.05) is 20.2 Å². The maximum absolute atomic E-state index is 13.0. The summed E-state index contributed by atoms with van der Waals surface area (Å²) in [5, 5.41) is 3.33. The Bertz CT molecular complexity index is 395. The molecule has 2 nitrogen and oxygen atoms in total. The van der Waals surface area contributed by atoms with Crippen LogP contribution in [0.2, 0.25) is 0 Å². The smallest absolute Gasteiger partial charge is 0.123 e. The average molecular weight is 251 g/mol. The van der Waals surface area contributed by atoms with E-state index in [2.05, 4.69) is 19.2 Å². The van der Waals surface area contributed by atoms with Crippen LogP contribution < -0.4 is 5.32 Å². The molecule has 1 aliphatic rings. The molecule has 1 aromatic rings. The molecule has 1 fully saturated rings. The number of nitrogens with one attached hydrogen (secondary N) is 1. The van der Waals surface area contributed by atoms with Crippen LogP contribution in [0.4, 0.5) is 4.39 Å². The first kappa shape index (κ1) is 13.5. The molecule has 3 heteroatoms. The maximum atomic E-state index is 13.0. The summed E-state index contributed by atoms with van der Waals surface area (Å²) in [7, 11) is 1.75. The van der Waals surface area contributed by atoms with Gasteiger partial charge in [0.15, 0.2) is 0 Å². The Labute approximate surface area is 109 Å². The molecule has 0 aliphatic carbocycles. The van der Waals surface area contributed by atoms with Crippen LogP contribution in [0.1, 0.15) is 32.3 Å². The van der Waals surface area contributed by atoms with Crippen molar-refractivity contribution in [3.8, 4) is 0 Å². The van der Waals surface area contributed by atoms with Crippen molar-refractivity contribution >= 4 is 0 Å². The molecule has 0 aromatic heterocycles. The summed E-state index contributed by atoms with van der Waals surface area (Å²) in [6, 6.07) is 6.93. The Kier molecular flexibility index (Phi) is 3.74. The largest absolute Gasteiger partial charge is 0.379 e. The van der Waals surface area contributed by atoms with E-state index in [0.717, 1.165) is 25.9 Å². The summed E-state index contributed by atoms with van der Waals surface area (Å²) < 4.78 is 18.5. The molecular formula is C15H22FNO. The fourth-order valence-corrected chi connectivity index (χ4v) is 2.40. The molecule has 1 aromatic carbocycles. The van der Waals surface area contributed by atoms with Gasteiger partial charge in [-0.2, -0.15) is 0 Å². The standard InChI is InChI=1S/C15H22FNO/c1-14(2,18-3)8-9-15(10-17-11-15)12-4-6-13(16)7-5-12/h4-7,17H,8-11H2,1-3H3. The number of benzene rings is 1. The van der Waals surface area contributed by atoms with Crippen molar-refractivity contribution in [3.63, 3.8) is 0 Å². The SMILES string of the molecule is COC(C)(C)CCC1(c2ccc(F)cc2)CNC1. The van der Waals surface area contributed by atoms with E-state index in [-0.39, 0.29) is 16.8 Å². The van der Waals surface area contributed by atoms with Crippen molar-refractivity contribution in [1.82, 2.24) is 5.32 Å². The molecule has 1 N–H and O–H groups in total. The van der Waals surface area contributed by atoms with Gasteiger partial charge in [0.1, 0.15) is 5.82 Å². The van der Waals surface area contributed by atoms with Crippen molar-refractivity contribution in [3.05, 3.63) is 35.6 Å². The highest BCUT2D eigenvalue weighted by Gasteiger charge is 2.39. The lowest BCUT2D eigenvalue weighted by Gasteiger charge is -2.45. The molecule has 18 heavy (non-hydrogen) atoms. The Morgan fingerprint density at radius 1 is 1.28 bits per heavy atom. The van der Waals surface area contributed by atoms with Gasteiger partial charge >= 0.3 is 0 Å². The molecule has 0 atom stereocenters. The van der Waals surface area contributed by atoms with E-state index in [1.807, 2.05) is 12.1 Å². The lowest BCUT2D eigenvalue weighted by Crippen LogP contribution is -2.57. The van der Waals surface area contributed by atoms with Gasteiger partial charge in [0.2, 0.25) is 0 Å². The zero-order chi connectivity index (χ0) is 13.2. The number of rotatable bonds is 5. The number of hydrogen-bond donors (Lipinski definition) is 1. The zero-order valence-corrected chi connectivity index (χ0v) is 11.4. The second-order valence-corrected chi connectivity index (χ2v) is 5.85. The average Bonchev–Trinajstić information content (AvgIpc) is 2.30. The van der Waals surface area contributed by atoms with Crippen LogP contribution in [0.3, 0.4) is 0 Å².